The SMILES string of the molecule is COCOc1cc2c(cc1C=O)CCC(C)(C)O2. The van der Waals surface area contributed by atoms with Crippen LogP contribution in [0.3, 0.4) is 0 Å². The molecule has 1 aromatic carbocycles. The number of fused-ring (bicyclic) bond motifs is 1. The minimum absolute atomic E-state index is 0.114. The van der Waals surface area contributed by atoms with Gasteiger partial charge in [-0.3, -0.25) is 4.79 Å². The molecule has 4 nitrogen and oxygen atoms in total. The number of aryl methyl sites for hydroxylation is 1. The van der Waals surface area contributed by atoms with E-state index in [4.69, 9.17) is 14.2 Å². The molecule has 1 aromatic rings. The number of methoxy groups -OCH3 is 1. The van der Waals surface area contributed by atoms with E-state index in [-0.39, 0.29) is 12.4 Å². The van der Waals surface area contributed by atoms with Crippen LogP contribution in [0, 0.1) is 0 Å². The Labute approximate surface area is 107 Å². The number of hydrogen-bond donors (Lipinski definition) is 0. The van der Waals surface area contributed by atoms with Crippen molar-refractivity contribution in [2.45, 2.75) is 32.3 Å². The first kappa shape index (κ1) is 12.9. The van der Waals surface area contributed by atoms with Crippen LogP contribution in [0.2, 0.25) is 0 Å². The summed E-state index contributed by atoms with van der Waals surface area (Å²) in [4.78, 5) is 11.0. The van der Waals surface area contributed by atoms with E-state index < -0.39 is 0 Å². The number of carbonyl (C=O) groups excluding carboxylic acids is 1. The number of ether oxygens (including phenoxy) is 3. The first-order valence-electron chi connectivity index (χ1n) is 5.98. The minimum atomic E-state index is -0.172. The first-order chi connectivity index (χ1) is 8.55. The molecular formula is C14H18O4. The average molecular weight is 250 g/mol. The second-order valence-electron chi connectivity index (χ2n) is 5.03. The number of aldehydes is 1. The molecule has 0 aromatic heterocycles. The maximum Gasteiger partial charge on any atom is 0.188 e. The summed E-state index contributed by atoms with van der Waals surface area (Å²) in [5.74, 6) is 1.30. The molecule has 0 fully saturated rings. The smallest absolute Gasteiger partial charge is 0.188 e. The molecule has 0 atom stereocenters. The van der Waals surface area contributed by atoms with Crippen LogP contribution in [0.4, 0.5) is 0 Å². The van der Waals surface area contributed by atoms with Gasteiger partial charge >= 0.3 is 0 Å². The summed E-state index contributed by atoms with van der Waals surface area (Å²) in [5, 5.41) is 0. The van der Waals surface area contributed by atoms with E-state index in [1.54, 1.807) is 13.2 Å². The summed E-state index contributed by atoms with van der Waals surface area (Å²) in [6, 6.07) is 3.61. The fourth-order valence-corrected chi connectivity index (χ4v) is 2.04. The molecule has 0 radical (unpaired) electrons. The van der Waals surface area contributed by atoms with Gasteiger partial charge in [-0.2, -0.15) is 0 Å². The summed E-state index contributed by atoms with van der Waals surface area (Å²) in [6.07, 6.45) is 2.65. The molecule has 0 aliphatic carbocycles. The molecule has 0 bridgehead atoms. The van der Waals surface area contributed by atoms with Gasteiger partial charge in [0.25, 0.3) is 0 Å². The van der Waals surface area contributed by atoms with Crippen molar-refractivity contribution in [3.05, 3.63) is 23.3 Å². The lowest BCUT2D eigenvalue weighted by molar-refractivity contribution is 0.0490. The third-order valence-corrected chi connectivity index (χ3v) is 3.03. The van der Waals surface area contributed by atoms with Gasteiger partial charge in [0.2, 0.25) is 0 Å². The van der Waals surface area contributed by atoms with Gasteiger partial charge in [0.1, 0.15) is 17.1 Å². The van der Waals surface area contributed by atoms with Gasteiger partial charge in [0.05, 0.1) is 5.56 Å². The fraction of sp³-hybridized carbons (Fsp3) is 0.500. The Morgan fingerprint density at radius 1 is 1.44 bits per heavy atom. The molecule has 1 aliphatic heterocycles. The monoisotopic (exact) mass is 250 g/mol. The molecule has 4 heteroatoms. The standard InChI is InChI=1S/C14H18O4/c1-14(2)5-4-10-6-11(8-15)12(17-9-16-3)7-13(10)18-14/h6-8H,4-5,9H2,1-3H3. The summed E-state index contributed by atoms with van der Waals surface area (Å²) in [6.45, 7) is 4.22. The first-order valence-corrected chi connectivity index (χ1v) is 5.98. The molecule has 2 rings (SSSR count). The van der Waals surface area contributed by atoms with Crippen LogP contribution in [0.1, 0.15) is 36.2 Å². The lowest BCUT2D eigenvalue weighted by Gasteiger charge is -2.33. The predicted molar refractivity (Wildman–Crippen MR) is 67.4 cm³/mol. The molecule has 0 amide bonds. The van der Waals surface area contributed by atoms with Gasteiger partial charge in [0, 0.05) is 13.2 Å². The molecule has 1 aliphatic rings. The van der Waals surface area contributed by atoms with Crippen molar-refractivity contribution in [3.8, 4) is 11.5 Å². The van der Waals surface area contributed by atoms with Gasteiger partial charge in [-0.25, -0.2) is 0 Å². The second kappa shape index (κ2) is 4.98. The Morgan fingerprint density at radius 2 is 2.22 bits per heavy atom. The van der Waals surface area contributed by atoms with Crippen molar-refractivity contribution in [2.75, 3.05) is 13.9 Å². The maximum absolute atomic E-state index is 11.0. The van der Waals surface area contributed by atoms with Gasteiger partial charge in [-0.05, 0) is 38.3 Å². The van der Waals surface area contributed by atoms with Crippen LogP contribution in [-0.2, 0) is 11.2 Å². The van der Waals surface area contributed by atoms with Gasteiger partial charge in [-0.15, -0.1) is 0 Å². The molecule has 0 N–H and O–H groups in total. The quantitative estimate of drug-likeness (QED) is 0.608. The van der Waals surface area contributed by atoms with E-state index >= 15 is 0 Å². The van der Waals surface area contributed by atoms with E-state index in [2.05, 4.69) is 13.8 Å². The highest BCUT2D eigenvalue weighted by molar-refractivity contribution is 5.80. The number of carbonyl (C=O) groups is 1. The highest BCUT2D eigenvalue weighted by Crippen LogP contribution is 2.37. The van der Waals surface area contributed by atoms with Gasteiger partial charge in [0.15, 0.2) is 13.1 Å². The Kier molecular flexibility index (Phi) is 3.57. The van der Waals surface area contributed by atoms with Crippen LogP contribution in [0.25, 0.3) is 0 Å². The van der Waals surface area contributed by atoms with Crippen LogP contribution in [0.5, 0.6) is 11.5 Å². The zero-order chi connectivity index (χ0) is 13.2. The van der Waals surface area contributed by atoms with Crippen LogP contribution >= 0.6 is 0 Å². The number of rotatable bonds is 4. The molecule has 0 saturated heterocycles. The molecule has 98 valence electrons. The van der Waals surface area contributed by atoms with E-state index in [0.717, 1.165) is 30.4 Å². The van der Waals surface area contributed by atoms with Crippen molar-refractivity contribution in [3.63, 3.8) is 0 Å². The summed E-state index contributed by atoms with van der Waals surface area (Å²) < 4.78 is 16.1. The largest absolute Gasteiger partial charge is 0.487 e. The highest BCUT2D eigenvalue weighted by Gasteiger charge is 2.27. The van der Waals surface area contributed by atoms with E-state index in [9.17, 15) is 4.79 Å². The predicted octanol–water partition coefficient (Wildman–Crippen LogP) is 2.59. The van der Waals surface area contributed by atoms with Crippen molar-refractivity contribution >= 4 is 6.29 Å². The molecule has 0 spiro atoms. The minimum Gasteiger partial charge on any atom is -0.487 e. The summed E-state index contributed by atoms with van der Waals surface area (Å²) in [7, 11) is 1.54. The highest BCUT2D eigenvalue weighted by atomic mass is 16.7. The Hall–Kier alpha value is -1.55. The lowest BCUT2D eigenvalue weighted by atomic mass is 9.93. The molecule has 0 unspecified atom stereocenters. The van der Waals surface area contributed by atoms with Crippen LogP contribution in [0.15, 0.2) is 12.1 Å². The second-order valence-corrected chi connectivity index (χ2v) is 5.03. The third-order valence-electron chi connectivity index (χ3n) is 3.03. The summed E-state index contributed by atoms with van der Waals surface area (Å²) >= 11 is 0. The Bertz CT molecular complexity index is 451. The fourth-order valence-electron chi connectivity index (χ4n) is 2.04. The number of benzene rings is 1. The molecule has 0 saturated carbocycles. The van der Waals surface area contributed by atoms with E-state index in [0.29, 0.717) is 11.3 Å². The number of hydrogen-bond acceptors (Lipinski definition) is 4. The maximum atomic E-state index is 11.0. The normalized spacial score (nSPS) is 16.6. The van der Waals surface area contributed by atoms with Gasteiger partial charge < -0.3 is 14.2 Å². The molecular weight excluding hydrogens is 232 g/mol. The van der Waals surface area contributed by atoms with Gasteiger partial charge in [-0.1, -0.05) is 0 Å². The van der Waals surface area contributed by atoms with Crippen LogP contribution in [-0.4, -0.2) is 25.8 Å². The Balaban J connectivity index is 2.34. The van der Waals surface area contributed by atoms with Crippen LogP contribution < -0.4 is 9.47 Å². The zero-order valence-corrected chi connectivity index (χ0v) is 11.0. The van der Waals surface area contributed by atoms with Crippen molar-refractivity contribution < 1.29 is 19.0 Å². The average Bonchev–Trinajstić information content (AvgIpc) is 2.34. The zero-order valence-electron chi connectivity index (χ0n) is 11.0. The summed E-state index contributed by atoms with van der Waals surface area (Å²) in [5.41, 5.74) is 1.42. The molecule has 1 heterocycles. The van der Waals surface area contributed by atoms with Crippen molar-refractivity contribution in [1.82, 2.24) is 0 Å². The third kappa shape index (κ3) is 2.64. The van der Waals surface area contributed by atoms with E-state index in [1.165, 1.54) is 0 Å². The topological polar surface area (TPSA) is 44.8 Å². The van der Waals surface area contributed by atoms with Crippen molar-refractivity contribution in [2.24, 2.45) is 0 Å². The Morgan fingerprint density at radius 3 is 2.89 bits per heavy atom. The lowest BCUT2D eigenvalue weighted by Crippen LogP contribution is -2.32. The van der Waals surface area contributed by atoms with Crippen molar-refractivity contribution in [1.29, 1.82) is 0 Å². The molecule has 18 heavy (non-hydrogen) atoms. The van der Waals surface area contributed by atoms with E-state index in [1.807, 2.05) is 6.07 Å².